The lowest BCUT2D eigenvalue weighted by Gasteiger charge is -2.04. The molecule has 18 heavy (non-hydrogen) atoms. The molecule has 3 N–H and O–H groups in total. The molecule has 0 aliphatic carbocycles. The summed E-state index contributed by atoms with van der Waals surface area (Å²) in [6.07, 6.45) is 12.3. The number of nitrogens with one attached hydrogen (secondary N) is 1. The second-order valence-electron chi connectivity index (χ2n) is 5.07. The van der Waals surface area contributed by atoms with Crippen LogP contribution in [0.4, 0.5) is 5.69 Å². The van der Waals surface area contributed by atoms with E-state index in [1.807, 2.05) is 12.1 Å². The molecule has 0 saturated heterocycles. The highest BCUT2D eigenvalue weighted by atomic mass is 15.2. The Bertz CT molecular complexity index is 292. The quantitative estimate of drug-likeness (QED) is 0.359. The number of benzene rings is 1. The lowest BCUT2D eigenvalue weighted by atomic mass is 10.0. The predicted octanol–water partition coefficient (Wildman–Crippen LogP) is 4.66. The van der Waals surface area contributed by atoms with Gasteiger partial charge in [0.1, 0.15) is 0 Å². The number of hydrazine groups is 1. The molecule has 0 spiro atoms. The molecule has 1 rings (SSSR count). The number of rotatable bonds is 10. The Morgan fingerprint density at radius 2 is 1.39 bits per heavy atom. The van der Waals surface area contributed by atoms with E-state index in [9.17, 15) is 0 Å². The number of unbranched alkanes of at least 4 members (excludes halogenated alkanes) is 7. The molecule has 0 atom stereocenters. The molecule has 0 aliphatic rings. The fourth-order valence-corrected chi connectivity index (χ4v) is 2.23. The molecular weight excluding hydrogens is 220 g/mol. The van der Waals surface area contributed by atoms with Crippen LogP contribution in [0.5, 0.6) is 0 Å². The molecule has 0 aromatic heterocycles. The zero-order valence-electron chi connectivity index (χ0n) is 11.8. The van der Waals surface area contributed by atoms with Crippen molar-refractivity contribution >= 4 is 5.69 Å². The van der Waals surface area contributed by atoms with Crippen LogP contribution < -0.4 is 11.3 Å². The van der Waals surface area contributed by atoms with E-state index in [2.05, 4.69) is 24.5 Å². The maximum absolute atomic E-state index is 5.34. The lowest BCUT2D eigenvalue weighted by molar-refractivity contribution is 0.575. The van der Waals surface area contributed by atoms with Crippen LogP contribution in [0.25, 0.3) is 0 Å². The maximum atomic E-state index is 5.34. The van der Waals surface area contributed by atoms with E-state index in [1.54, 1.807) is 0 Å². The van der Waals surface area contributed by atoms with Crippen LogP contribution in [0.1, 0.15) is 63.9 Å². The van der Waals surface area contributed by atoms with Gasteiger partial charge in [0, 0.05) is 5.69 Å². The van der Waals surface area contributed by atoms with Gasteiger partial charge in [-0.3, -0.25) is 5.84 Å². The van der Waals surface area contributed by atoms with Gasteiger partial charge in [-0.25, -0.2) is 0 Å². The zero-order valence-corrected chi connectivity index (χ0v) is 11.8. The number of nitrogens with two attached hydrogens (primary N) is 1. The van der Waals surface area contributed by atoms with E-state index in [-0.39, 0.29) is 0 Å². The summed E-state index contributed by atoms with van der Waals surface area (Å²) in [5, 5.41) is 0. The summed E-state index contributed by atoms with van der Waals surface area (Å²) >= 11 is 0. The normalized spacial score (nSPS) is 10.6. The van der Waals surface area contributed by atoms with E-state index in [0.717, 1.165) is 5.69 Å². The zero-order chi connectivity index (χ0) is 13.1. The first-order valence-electron chi connectivity index (χ1n) is 7.42. The van der Waals surface area contributed by atoms with E-state index in [4.69, 9.17) is 5.84 Å². The first kappa shape index (κ1) is 15.0. The largest absolute Gasteiger partial charge is 0.324 e. The highest BCUT2D eigenvalue weighted by Gasteiger charge is 1.95. The summed E-state index contributed by atoms with van der Waals surface area (Å²) in [5.41, 5.74) is 5.05. The van der Waals surface area contributed by atoms with Gasteiger partial charge in [-0.2, -0.15) is 0 Å². The van der Waals surface area contributed by atoms with Gasteiger partial charge in [0.15, 0.2) is 0 Å². The summed E-state index contributed by atoms with van der Waals surface area (Å²) < 4.78 is 0. The molecule has 0 amide bonds. The van der Waals surface area contributed by atoms with Crippen molar-refractivity contribution < 1.29 is 0 Å². The molecule has 1 aromatic rings. The Hall–Kier alpha value is -1.02. The van der Waals surface area contributed by atoms with Gasteiger partial charge in [-0.05, 0) is 30.5 Å². The first-order chi connectivity index (χ1) is 8.86. The van der Waals surface area contributed by atoms with Crippen LogP contribution in [0.3, 0.4) is 0 Å². The Labute approximate surface area is 112 Å². The number of anilines is 1. The number of hydrogen-bond acceptors (Lipinski definition) is 2. The van der Waals surface area contributed by atoms with Crippen molar-refractivity contribution in [1.82, 2.24) is 0 Å². The lowest BCUT2D eigenvalue weighted by Crippen LogP contribution is -2.06. The van der Waals surface area contributed by atoms with Crippen molar-refractivity contribution in [3.8, 4) is 0 Å². The highest BCUT2D eigenvalue weighted by Crippen LogP contribution is 2.13. The van der Waals surface area contributed by atoms with Gasteiger partial charge in [-0.15, -0.1) is 0 Å². The van der Waals surface area contributed by atoms with Crippen molar-refractivity contribution in [2.24, 2.45) is 5.84 Å². The fraction of sp³-hybridized carbons (Fsp3) is 0.625. The third kappa shape index (κ3) is 6.65. The Morgan fingerprint density at radius 3 is 1.94 bits per heavy atom. The van der Waals surface area contributed by atoms with Gasteiger partial charge in [-0.1, -0.05) is 64.0 Å². The molecule has 0 aliphatic heterocycles. The number of aryl methyl sites for hydroxylation is 1. The fourth-order valence-electron chi connectivity index (χ4n) is 2.23. The summed E-state index contributed by atoms with van der Waals surface area (Å²) in [6.45, 7) is 2.27. The predicted molar refractivity (Wildman–Crippen MR) is 80.6 cm³/mol. The summed E-state index contributed by atoms with van der Waals surface area (Å²) in [5.74, 6) is 5.34. The van der Waals surface area contributed by atoms with Gasteiger partial charge >= 0.3 is 0 Å². The maximum Gasteiger partial charge on any atom is 0.0485 e. The van der Waals surface area contributed by atoms with Crippen LogP contribution in [0.15, 0.2) is 24.3 Å². The minimum absolute atomic E-state index is 0.981. The van der Waals surface area contributed by atoms with E-state index in [1.165, 1.54) is 63.4 Å². The molecule has 2 heteroatoms. The van der Waals surface area contributed by atoms with Crippen molar-refractivity contribution in [3.05, 3.63) is 29.8 Å². The van der Waals surface area contributed by atoms with Crippen molar-refractivity contribution in [2.75, 3.05) is 5.43 Å². The van der Waals surface area contributed by atoms with Crippen LogP contribution in [-0.4, -0.2) is 0 Å². The molecule has 0 saturated carbocycles. The number of nitrogen functional groups attached to an aromatic ring is 1. The minimum atomic E-state index is 0.981. The molecule has 0 radical (unpaired) electrons. The molecular formula is C16H28N2. The van der Waals surface area contributed by atoms with Gasteiger partial charge in [0.05, 0.1) is 0 Å². The van der Waals surface area contributed by atoms with E-state index in [0.29, 0.717) is 0 Å². The molecule has 0 unspecified atom stereocenters. The Morgan fingerprint density at radius 1 is 0.833 bits per heavy atom. The third-order valence-electron chi connectivity index (χ3n) is 3.44. The summed E-state index contributed by atoms with van der Waals surface area (Å²) in [7, 11) is 0. The highest BCUT2D eigenvalue weighted by molar-refractivity contribution is 5.43. The van der Waals surface area contributed by atoms with Crippen molar-refractivity contribution in [1.29, 1.82) is 0 Å². The minimum Gasteiger partial charge on any atom is -0.324 e. The van der Waals surface area contributed by atoms with E-state index < -0.39 is 0 Å². The molecule has 1 aromatic carbocycles. The van der Waals surface area contributed by atoms with Gasteiger partial charge in [0.2, 0.25) is 0 Å². The smallest absolute Gasteiger partial charge is 0.0485 e. The average Bonchev–Trinajstić information content (AvgIpc) is 2.42. The summed E-state index contributed by atoms with van der Waals surface area (Å²) in [6, 6.07) is 8.41. The third-order valence-corrected chi connectivity index (χ3v) is 3.44. The van der Waals surface area contributed by atoms with Gasteiger partial charge in [0.25, 0.3) is 0 Å². The second-order valence-corrected chi connectivity index (χ2v) is 5.07. The van der Waals surface area contributed by atoms with Crippen LogP contribution in [0.2, 0.25) is 0 Å². The summed E-state index contributed by atoms with van der Waals surface area (Å²) in [4.78, 5) is 0. The van der Waals surface area contributed by atoms with Crippen molar-refractivity contribution in [3.63, 3.8) is 0 Å². The first-order valence-corrected chi connectivity index (χ1v) is 7.42. The number of hydrogen-bond donors (Lipinski definition) is 2. The second kappa shape index (κ2) is 9.95. The SMILES string of the molecule is CCCCCCCCCCc1ccc(NN)cc1. The van der Waals surface area contributed by atoms with Gasteiger partial charge < -0.3 is 5.43 Å². The Balaban J connectivity index is 2.00. The van der Waals surface area contributed by atoms with E-state index >= 15 is 0 Å². The van der Waals surface area contributed by atoms with Crippen LogP contribution in [-0.2, 0) is 6.42 Å². The molecule has 2 nitrogen and oxygen atoms in total. The Kier molecular flexibility index (Phi) is 8.32. The topological polar surface area (TPSA) is 38.0 Å². The average molecular weight is 248 g/mol. The molecule has 102 valence electrons. The van der Waals surface area contributed by atoms with Crippen LogP contribution >= 0.6 is 0 Å². The molecule has 0 heterocycles. The molecule has 0 bridgehead atoms. The van der Waals surface area contributed by atoms with Crippen molar-refractivity contribution in [2.45, 2.75) is 64.7 Å². The van der Waals surface area contributed by atoms with Crippen LogP contribution in [0, 0.1) is 0 Å². The standard InChI is InChI=1S/C16H28N2/c1-2-3-4-5-6-7-8-9-10-15-11-13-16(18-17)14-12-15/h11-14,18H,2-10,17H2,1H3. The molecule has 0 fully saturated rings. The monoisotopic (exact) mass is 248 g/mol.